The second-order valence-electron chi connectivity index (χ2n) is 9.26. The second-order valence-corrected chi connectivity index (χ2v) is 12.1. The van der Waals surface area contributed by atoms with E-state index in [1.807, 2.05) is 4.90 Å². The van der Waals surface area contributed by atoms with Gasteiger partial charge in [-0.3, -0.25) is 9.52 Å². The molecule has 1 aliphatic heterocycles. The van der Waals surface area contributed by atoms with E-state index >= 15 is 0 Å². The second kappa shape index (κ2) is 6.59. The largest absolute Gasteiger partial charge is 0.335 e. The molecular weight excluding hydrogens is 392 g/mol. The minimum Gasteiger partial charge on any atom is -0.335 e. The standard InChI is InChI=1S/C21H26N2O3S2/c1-20(2)11-17-12-21(3,13-20)14-23(17)19(24)15-6-8-16(9-7-15)22-28(25,26)18-5-4-10-27-18/h4-10,17,22H,11-14H2,1-3H3/t17-,21-/m0/s1. The van der Waals surface area contributed by atoms with Gasteiger partial charge in [-0.05, 0) is 65.8 Å². The molecule has 0 unspecified atom stereocenters. The van der Waals surface area contributed by atoms with E-state index in [0.29, 0.717) is 17.3 Å². The molecule has 2 bridgehead atoms. The number of fused-ring (bicyclic) bond motifs is 2. The summed E-state index contributed by atoms with van der Waals surface area (Å²) < 4.78 is 27.5. The van der Waals surface area contributed by atoms with Crippen molar-refractivity contribution in [2.24, 2.45) is 10.8 Å². The van der Waals surface area contributed by atoms with E-state index in [2.05, 4.69) is 25.5 Å². The summed E-state index contributed by atoms with van der Waals surface area (Å²) >= 11 is 1.17. The highest BCUT2D eigenvalue weighted by Crippen LogP contribution is 2.52. The van der Waals surface area contributed by atoms with Crippen molar-refractivity contribution >= 4 is 33.0 Å². The van der Waals surface area contributed by atoms with Crippen LogP contribution < -0.4 is 4.72 Å². The molecular formula is C21H26N2O3S2. The highest BCUT2D eigenvalue weighted by Gasteiger charge is 2.50. The van der Waals surface area contributed by atoms with Crippen molar-refractivity contribution in [1.29, 1.82) is 0 Å². The van der Waals surface area contributed by atoms with E-state index in [0.717, 1.165) is 25.8 Å². The summed E-state index contributed by atoms with van der Waals surface area (Å²) in [7, 11) is -3.58. The smallest absolute Gasteiger partial charge is 0.271 e. The number of nitrogens with zero attached hydrogens (tertiary/aromatic N) is 1. The van der Waals surface area contributed by atoms with E-state index in [1.165, 1.54) is 11.3 Å². The van der Waals surface area contributed by atoms with Gasteiger partial charge in [-0.25, -0.2) is 8.42 Å². The molecule has 28 heavy (non-hydrogen) atoms. The molecule has 1 aromatic heterocycles. The van der Waals surface area contributed by atoms with Gasteiger partial charge in [0.1, 0.15) is 4.21 Å². The normalized spacial score (nSPS) is 26.2. The van der Waals surface area contributed by atoms with E-state index in [1.54, 1.807) is 41.8 Å². The van der Waals surface area contributed by atoms with Crippen LogP contribution in [0, 0.1) is 10.8 Å². The van der Waals surface area contributed by atoms with Gasteiger partial charge in [0.25, 0.3) is 15.9 Å². The third-order valence-corrected chi connectivity index (χ3v) is 8.60. The summed E-state index contributed by atoms with van der Waals surface area (Å²) in [5, 5.41) is 1.73. The van der Waals surface area contributed by atoms with Gasteiger partial charge >= 0.3 is 0 Å². The van der Waals surface area contributed by atoms with Gasteiger partial charge in [0.15, 0.2) is 0 Å². The van der Waals surface area contributed by atoms with E-state index in [9.17, 15) is 13.2 Å². The van der Waals surface area contributed by atoms with Gasteiger partial charge in [0, 0.05) is 23.8 Å². The maximum atomic E-state index is 13.1. The lowest BCUT2D eigenvalue weighted by atomic mass is 9.65. The van der Waals surface area contributed by atoms with Crippen LogP contribution in [0.1, 0.15) is 50.4 Å². The van der Waals surface area contributed by atoms with Gasteiger partial charge < -0.3 is 4.90 Å². The number of amides is 1. The molecule has 1 saturated carbocycles. The summed E-state index contributed by atoms with van der Waals surface area (Å²) in [4.78, 5) is 15.1. The molecule has 2 fully saturated rings. The van der Waals surface area contributed by atoms with Gasteiger partial charge in [-0.15, -0.1) is 11.3 Å². The Morgan fingerprint density at radius 2 is 1.86 bits per heavy atom. The summed E-state index contributed by atoms with van der Waals surface area (Å²) in [5.41, 5.74) is 1.51. The third-order valence-electron chi connectivity index (χ3n) is 5.82. The first-order valence-corrected chi connectivity index (χ1v) is 11.9. The molecule has 2 aliphatic rings. The molecule has 5 nitrogen and oxygen atoms in total. The lowest BCUT2D eigenvalue weighted by molar-refractivity contribution is 0.0708. The van der Waals surface area contributed by atoms with Crippen LogP contribution in [0.25, 0.3) is 0 Å². The Morgan fingerprint density at radius 1 is 1.14 bits per heavy atom. The van der Waals surface area contributed by atoms with Crippen LogP contribution in [0.4, 0.5) is 5.69 Å². The van der Waals surface area contributed by atoms with Gasteiger partial charge in [-0.2, -0.15) is 0 Å². The van der Waals surface area contributed by atoms with Crippen LogP contribution in [0.15, 0.2) is 46.0 Å². The number of benzene rings is 1. The maximum Gasteiger partial charge on any atom is 0.271 e. The van der Waals surface area contributed by atoms with Crippen LogP contribution in [0.2, 0.25) is 0 Å². The highest BCUT2D eigenvalue weighted by molar-refractivity contribution is 7.94. The number of likely N-dealkylation sites (tertiary alicyclic amines) is 1. The molecule has 0 spiro atoms. The average molecular weight is 419 g/mol. The Morgan fingerprint density at radius 3 is 2.50 bits per heavy atom. The van der Waals surface area contributed by atoms with Crippen molar-refractivity contribution in [3.8, 4) is 0 Å². The van der Waals surface area contributed by atoms with Crippen LogP contribution in [0.3, 0.4) is 0 Å². The molecule has 1 amide bonds. The minimum atomic E-state index is -3.58. The Kier molecular flexibility index (Phi) is 4.58. The van der Waals surface area contributed by atoms with Crippen molar-refractivity contribution in [2.75, 3.05) is 11.3 Å². The number of thiophene rings is 1. The lowest BCUT2D eigenvalue weighted by Crippen LogP contribution is -2.37. The van der Waals surface area contributed by atoms with Gasteiger partial charge in [0.05, 0.1) is 0 Å². The molecule has 1 aromatic carbocycles. The minimum absolute atomic E-state index is 0.0408. The predicted octanol–water partition coefficient (Wildman–Crippen LogP) is 4.59. The number of rotatable bonds is 4. The van der Waals surface area contributed by atoms with Crippen LogP contribution in [0.5, 0.6) is 0 Å². The molecule has 1 N–H and O–H groups in total. The van der Waals surface area contributed by atoms with Crippen LogP contribution in [-0.4, -0.2) is 31.8 Å². The van der Waals surface area contributed by atoms with Crippen molar-refractivity contribution in [1.82, 2.24) is 4.90 Å². The number of hydrogen-bond donors (Lipinski definition) is 1. The van der Waals surface area contributed by atoms with Crippen LogP contribution >= 0.6 is 11.3 Å². The summed E-state index contributed by atoms with van der Waals surface area (Å²) in [6, 6.07) is 10.3. The molecule has 2 atom stereocenters. The van der Waals surface area contributed by atoms with Gasteiger partial charge in [0.2, 0.25) is 0 Å². The number of anilines is 1. The fraction of sp³-hybridized carbons (Fsp3) is 0.476. The summed E-state index contributed by atoms with van der Waals surface area (Å²) in [6.07, 6.45) is 3.25. The Balaban J connectivity index is 1.49. The molecule has 2 aromatic rings. The van der Waals surface area contributed by atoms with Crippen molar-refractivity contribution in [3.05, 3.63) is 47.3 Å². The van der Waals surface area contributed by atoms with Crippen molar-refractivity contribution < 1.29 is 13.2 Å². The number of hydrogen-bond acceptors (Lipinski definition) is 4. The summed E-state index contributed by atoms with van der Waals surface area (Å²) in [5.74, 6) is 0.0408. The summed E-state index contributed by atoms with van der Waals surface area (Å²) in [6.45, 7) is 7.67. The van der Waals surface area contributed by atoms with E-state index in [4.69, 9.17) is 0 Å². The predicted molar refractivity (Wildman–Crippen MR) is 112 cm³/mol. The monoisotopic (exact) mass is 418 g/mol. The number of carbonyl (C=O) groups is 1. The maximum absolute atomic E-state index is 13.1. The fourth-order valence-electron chi connectivity index (χ4n) is 5.17. The Labute approximate surface area is 170 Å². The lowest BCUT2D eigenvalue weighted by Gasteiger charge is -2.39. The highest BCUT2D eigenvalue weighted by atomic mass is 32.2. The zero-order valence-electron chi connectivity index (χ0n) is 16.4. The Bertz CT molecular complexity index is 981. The van der Waals surface area contributed by atoms with Crippen LogP contribution in [-0.2, 0) is 10.0 Å². The molecule has 4 rings (SSSR count). The number of nitrogens with one attached hydrogen (secondary N) is 1. The van der Waals surface area contributed by atoms with Gasteiger partial charge in [-0.1, -0.05) is 26.8 Å². The first kappa shape index (κ1) is 19.5. The molecule has 1 aliphatic carbocycles. The van der Waals surface area contributed by atoms with E-state index in [-0.39, 0.29) is 20.9 Å². The van der Waals surface area contributed by atoms with E-state index < -0.39 is 10.0 Å². The molecule has 7 heteroatoms. The molecule has 2 heterocycles. The fourth-order valence-corrected chi connectivity index (χ4v) is 7.22. The third kappa shape index (κ3) is 3.70. The van der Waals surface area contributed by atoms with Crippen molar-refractivity contribution in [2.45, 2.75) is 50.3 Å². The average Bonchev–Trinajstić information content (AvgIpc) is 3.20. The molecule has 1 saturated heterocycles. The SMILES string of the molecule is CC1(C)C[C@H]2C[C@](C)(CN2C(=O)c2ccc(NS(=O)(=O)c3cccs3)cc2)C1. The molecule has 150 valence electrons. The molecule has 0 radical (unpaired) electrons. The quantitative estimate of drug-likeness (QED) is 0.790. The first-order valence-electron chi connectivity index (χ1n) is 9.54. The number of sulfonamides is 1. The zero-order valence-corrected chi connectivity index (χ0v) is 18.1. The first-order chi connectivity index (χ1) is 13.1. The number of carbonyl (C=O) groups excluding carboxylic acids is 1. The zero-order chi connectivity index (χ0) is 20.2. The van der Waals surface area contributed by atoms with Crippen molar-refractivity contribution in [3.63, 3.8) is 0 Å². The Hall–Kier alpha value is -1.86. The topological polar surface area (TPSA) is 66.5 Å².